The molecule has 0 aliphatic heterocycles. The Labute approximate surface area is 80.4 Å². The Kier molecular flexibility index (Phi) is 3.19. The lowest BCUT2D eigenvalue weighted by molar-refractivity contribution is 0.115. The maximum Gasteiger partial charge on any atom is 0.234 e. The van der Waals surface area contributed by atoms with E-state index in [9.17, 15) is 0 Å². The molecule has 0 rings (SSSR count). The lowest BCUT2D eigenvalue weighted by atomic mass is 9.97. The maximum atomic E-state index is 8.65. The van der Waals surface area contributed by atoms with Crippen LogP contribution in [0.4, 0.5) is 0 Å². The van der Waals surface area contributed by atoms with Crippen LogP contribution in [0.2, 0.25) is 0 Å². The van der Waals surface area contributed by atoms with Crippen molar-refractivity contribution in [2.45, 2.75) is 52.6 Å². The molecule has 0 amide bonds. The number of hydrogen-bond donors (Lipinski definition) is 2. The highest BCUT2D eigenvalue weighted by atomic mass is 16.4. The van der Waals surface area contributed by atoms with Crippen LogP contribution in [-0.4, -0.2) is 27.1 Å². The van der Waals surface area contributed by atoms with E-state index in [-0.39, 0.29) is 17.0 Å². The van der Waals surface area contributed by atoms with Gasteiger partial charge in [-0.15, -0.1) is 0 Å². The van der Waals surface area contributed by atoms with Gasteiger partial charge in [0.2, 0.25) is 5.96 Å². The summed E-state index contributed by atoms with van der Waals surface area (Å²) in [5, 5.41) is 11.7. The van der Waals surface area contributed by atoms with E-state index in [2.05, 4.69) is 5.16 Å². The second-order valence-electron chi connectivity index (χ2n) is 5.14. The third-order valence-corrected chi connectivity index (χ3v) is 1.67. The van der Waals surface area contributed by atoms with Gasteiger partial charge in [0.05, 0.1) is 0 Å². The minimum Gasteiger partial charge on any atom is -0.408 e. The normalized spacial score (nSPS) is 14.5. The third kappa shape index (κ3) is 3.13. The summed E-state index contributed by atoms with van der Waals surface area (Å²) in [6.45, 7) is 12.1. The van der Waals surface area contributed by atoms with Gasteiger partial charge in [-0.25, -0.2) is 0 Å². The largest absolute Gasteiger partial charge is 0.408 e. The van der Waals surface area contributed by atoms with E-state index in [1.807, 2.05) is 46.4 Å². The van der Waals surface area contributed by atoms with Crippen LogP contribution in [0.15, 0.2) is 5.16 Å². The fourth-order valence-corrected chi connectivity index (χ4v) is 1.74. The molecule has 0 bridgehead atoms. The third-order valence-electron chi connectivity index (χ3n) is 1.67. The van der Waals surface area contributed by atoms with Gasteiger partial charge in [0.15, 0.2) is 0 Å². The van der Waals surface area contributed by atoms with Gasteiger partial charge in [-0.1, -0.05) is 5.16 Å². The predicted molar refractivity (Wildman–Crippen MR) is 54.8 cm³/mol. The Morgan fingerprint density at radius 3 is 1.46 bits per heavy atom. The van der Waals surface area contributed by atoms with Crippen LogP contribution >= 0.6 is 0 Å². The van der Waals surface area contributed by atoms with E-state index in [1.165, 1.54) is 0 Å². The zero-order chi connectivity index (χ0) is 10.9. The summed E-state index contributed by atoms with van der Waals surface area (Å²) in [6.07, 6.45) is 0. The number of hydrogen-bond acceptors (Lipinski definition) is 2. The minimum atomic E-state index is -0.158. The topological polar surface area (TPSA) is 61.8 Å². The molecule has 0 saturated carbocycles. The van der Waals surface area contributed by atoms with Gasteiger partial charge < -0.3 is 15.8 Å². The van der Waals surface area contributed by atoms with Crippen LogP contribution in [0, 0.1) is 0 Å². The second kappa shape index (κ2) is 3.44. The van der Waals surface area contributed by atoms with Crippen molar-refractivity contribution < 1.29 is 5.21 Å². The Bertz CT molecular complexity index is 184. The minimum absolute atomic E-state index is 0.153. The molecule has 4 heteroatoms. The van der Waals surface area contributed by atoms with Crippen molar-refractivity contribution in [3.63, 3.8) is 0 Å². The van der Waals surface area contributed by atoms with Crippen LogP contribution in [0.3, 0.4) is 0 Å². The maximum absolute atomic E-state index is 8.65. The van der Waals surface area contributed by atoms with Gasteiger partial charge in [-0.3, -0.25) is 0 Å². The number of nitrogens with zero attached hydrogens (tertiary/aromatic N) is 2. The fraction of sp³-hybridized carbons (Fsp3) is 0.889. The van der Waals surface area contributed by atoms with Crippen molar-refractivity contribution in [3.8, 4) is 0 Å². The summed E-state index contributed by atoms with van der Waals surface area (Å²) >= 11 is 0. The number of oxime groups is 1. The molecule has 3 N–H and O–H groups in total. The van der Waals surface area contributed by atoms with Gasteiger partial charge in [0, 0.05) is 11.1 Å². The van der Waals surface area contributed by atoms with Crippen LogP contribution in [0.5, 0.6) is 0 Å². The predicted octanol–water partition coefficient (Wildman–Crippen LogP) is 1.59. The molecule has 0 heterocycles. The molecule has 13 heavy (non-hydrogen) atoms. The summed E-state index contributed by atoms with van der Waals surface area (Å²) in [5.74, 6) is 0.153. The summed E-state index contributed by atoms with van der Waals surface area (Å²) in [6, 6.07) is 0. The molecule has 0 aromatic carbocycles. The van der Waals surface area contributed by atoms with Gasteiger partial charge in [-0.2, -0.15) is 0 Å². The zero-order valence-electron chi connectivity index (χ0n) is 9.42. The monoisotopic (exact) mass is 187 g/mol. The standard InChI is InChI=1S/C9H21N3O/c1-8(2,3)12(7(10)11-13)9(4,5)6/h13H,1-6H3,(H2,10,11). The van der Waals surface area contributed by atoms with Crippen molar-refractivity contribution in [1.82, 2.24) is 4.90 Å². The van der Waals surface area contributed by atoms with E-state index in [0.717, 1.165) is 0 Å². The molecule has 0 aromatic heterocycles. The van der Waals surface area contributed by atoms with Crippen molar-refractivity contribution in [1.29, 1.82) is 0 Å². The van der Waals surface area contributed by atoms with E-state index in [4.69, 9.17) is 10.9 Å². The Morgan fingerprint density at radius 1 is 1.08 bits per heavy atom. The molecular weight excluding hydrogens is 166 g/mol. The molecule has 0 aliphatic carbocycles. The summed E-state index contributed by atoms with van der Waals surface area (Å²) in [7, 11) is 0. The molecule has 0 aliphatic rings. The molecule has 0 spiro atoms. The van der Waals surface area contributed by atoms with Gasteiger partial charge >= 0.3 is 0 Å². The van der Waals surface area contributed by atoms with Crippen LogP contribution in [0.25, 0.3) is 0 Å². The van der Waals surface area contributed by atoms with Gasteiger partial charge in [-0.05, 0) is 41.5 Å². The molecule has 0 radical (unpaired) electrons. The van der Waals surface area contributed by atoms with Gasteiger partial charge in [0.25, 0.3) is 0 Å². The fourth-order valence-electron chi connectivity index (χ4n) is 1.74. The molecule has 0 saturated heterocycles. The summed E-state index contributed by atoms with van der Waals surface area (Å²) in [5.41, 5.74) is 5.30. The molecule has 0 unspecified atom stereocenters. The first-order chi connectivity index (χ1) is 5.60. The van der Waals surface area contributed by atoms with E-state index in [0.29, 0.717) is 0 Å². The van der Waals surface area contributed by atoms with Crippen LogP contribution in [-0.2, 0) is 0 Å². The van der Waals surface area contributed by atoms with Crippen molar-refractivity contribution in [3.05, 3.63) is 0 Å². The van der Waals surface area contributed by atoms with Crippen molar-refractivity contribution in [2.75, 3.05) is 0 Å². The summed E-state index contributed by atoms with van der Waals surface area (Å²) < 4.78 is 0. The van der Waals surface area contributed by atoms with Crippen LogP contribution < -0.4 is 5.73 Å². The molecule has 4 nitrogen and oxygen atoms in total. The molecular formula is C9H21N3O. The first-order valence-electron chi connectivity index (χ1n) is 4.38. The molecule has 78 valence electrons. The second-order valence-corrected chi connectivity index (χ2v) is 5.14. The first-order valence-corrected chi connectivity index (χ1v) is 4.38. The van der Waals surface area contributed by atoms with E-state index < -0.39 is 0 Å². The van der Waals surface area contributed by atoms with Crippen molar-refractivity contribution >= 4 is 5.96 Å². The number of guanidine groups is 1. The average Bonchev–Trinajstić information content (AvgIpc) is 1.80. The molecule has 0 atom stereocenters. The van der Waals surface area contributed by atoms with E-state index >= 15 is 0 Å². The highest BCUT2D eigenvalue weighted by Gasteiger charge is 2.33. The Balaban J connectivity index is 5.01. The number of nitrogens with two attached hydrogens (primary N) is 1. The lowest BCUT2D eigenvalue weighted by Crippen LogP contribution is -2.58. The quantitative estimate of drug-likeness (QED) is 0.262. The highest BCUT2D eigenvalue weighted by Crippen LogP contribution is 2.23. The Hall–Kier alpha value is -0.930. The molecule has 0 fully saturated rings. The SMILES string of the molecule is CC(C)(C)N(C(N)=NO)C(C)(C)C. The van der Waals surface area contributed by atoms with Gasteiger partial charge in [0.1, 0.15) is 0 Å². The average molecular weight is 187 g/mol. The highest BCUT2D eigenvalue weighted by molar-refractivity contribution is 5.78. The summed E-state index contributed by atoms with van der Waals surface area (Å²) in [4.78, 5) is 1.88. The van der Waals surface area contributed by atoms with Crippen LogP contribution in [0.1, 0.15) is 41.5 Å². The van der Waals surface area contributed by atoms with E-state index in [1.54, 1.807) is 0 Å². The lowest BCUT2D eigenvalue weighted by Gasteiger charge is -2.45. The zero-order valence-corrected chi connectivity index (χ0v) is 9.42. The van der Waals surface area contributed by atoms with Crippen molar-refractivity contribution in [2.24, 2.45) is 10.9 Å². The Morgan fingerprint density at radius 2 is 1.38 bits per heavy atom. The number of rotatable bonds is 0. The first kappa shape index (κ1) is 12.1. The molecule has 0 aromatic rings. The smallest absolute Gasteiger partial charge is 0.234 e.